The lowest BCUT2D eigenvalue weighted by Gasteiger charge is -2.24. The van der Waals surface area contributed by atoms with Gasteiger partial charge in [0.2, 0.25) is 6.49 Å². The fourth-order valence-corrected chi connectivity index (χ4v) is 4.19. The number of hydrogen-bond acceptors (Lipinski definition) is 3. The van der Waals surface area contributed by atoms with Crippen LogP contribution in [0.2, 0.25) is 0 Å². The first-order valence-corrected chi connectivity index (χ1v) is 7.71. The highest BCUT2D eigenvalue weighted by atomic mass is 32.5. The molecule has 1 rings (SSSR count). The van der Waals surface area contributed by atoms with Crippen molar-refractivity contribution in [2.75, 3.05) is 6.61 Å². The fourth-order valence-electron chi connectivity index (χ4n) is 1.22. The lowest BCUT2D eigenvalue weighted by molar-refractivity contribution is 0.215. The minimum Gasteiger partial charge on any atom is -0.326 e. The molecule has 1 aromatic carbocycles. The summed E-state index contributed by atoms with van der Waals surface area (Å²) in [5, 5.41) is 0.982. The van der Waals surface area contributed by atoms with Gasteiger partial charge in [0.05, 0.1) is 12.7 Å². The Balaban J connectivity index is 2.96. The van der Waals surface area contributed by atoms with Gasteiger partial charge in [-0.3, -0.25) is 0 Å². The Morgan fingerprint density at radius 1 is 1.27 bits per heavy atom. The van der Waals surface area contributed by atoms with Gasteiger partial charge in [-0.15, -0.1) is 0 Å². The Morgan fingerprint density at radius 2 is 1.87 bits per heavy atom. The van der Waals surface area contributed by atoms with Crippen molar-refractivity contribution in [3.05, 3.63) is 30.3 Å². The van der Waals surface area contributed by atoms with Crippen LogP contribution in [0.1, 0.15) is 20.8 Å². The first-order chi connectivity index (χ1) is 7.08. The van der Waals surface area contributed by atoms with Crippen LogP contribution in [-0.2, 0) is 20.9 Å². The molecule has 0 bridgehead atoms. The van der Waals surface area contributed by atoms with Gasteiger partial charge in [-0.2, -0.15) is 0 Å². The number of rotatable bonds is 5. The van der Waals surface area contributed by atoms with Gasteiger partial charge in [0.25, 0.3) is 0 Å². The summed E-state index contributed by atoms with van der Waals surface area (Å²) < 4.78 is 11.4. The predicted molar refractivity (Wildman–Crippen MR) is 68.2 cm³/mol. The summed E-state index contributed by atoms with van der Waals surface area (Å²) in [6.07, 6.45) is 0.0857. The Bertz CT molecular complexity index is 338. The van der Waals surface area contributed by atoms with Gasteiger partial charge < -0.3 is 9.05 Å². The molecule has 4 heteroatoms. The van der Waals surface area contributed by atoms with E-state index < -0.39 is 6.49 Å². The molecule has 0 aliphatic heterocycles. The SMILES string of the molecule is CCOP(=S)(OC(C)C)c1ccccc1. The Morgan fingerprint density at radius 3 is 2.33 bits per heavy atom. The molecule has 0 amide bonds. The Kier molecular flexibility index (Phi) is 4.94. The minimum atomic E-state index is -2.29. The second kappa shape index (κ2) is 5.76. The molecule has 0 radical (unpaired) electrons. The smallest absolute Gasteiger partial charge is 0.219 e. The standard InChI is InChI=1S/C11H17O2PS/c1-4-12-14(15,13-10(2)3)11-8-6-5-7-9-11/h5-10H,4H2,1-3H3. The van der Waals surface area contributed by atoms with Gasteiger partial charge in [0.1, 0.15) is 0 Å². The molecule has 84 valence electrons. The van der Waals surface area contributed by atoms with Crippen LogP contribution in [0.25, 0.3) is 0 Å². The zero-order chi connectivity index (χ0) is 11.3. The molecule has 0 saturated heterocycles. The molecule has 0 aliphatic carbocycles. The third kappa shape index (κ3) is 3.69. The molecular formula is C11H17O2PS. The highest BCUT2D eigenvalue weighted by Gasteiger charge is 2.22. The Labute approximate surface area is 96.8 Å². The van der Waals surface area contributed by atoms with E-state index in [1.54, 1.807) is 0 Å². The van der Waals surface area contributed by atoms with Crippen molar-refractivity contribution in [2.24, 2.45) is 0 Å². The number of hydrogen-bond donors (Lipinski definition) is 0. The van der Waals surface area contributed by atoms with Crippen molar-refractivity contribution in [3.63, 3.8) is 0 Å². The molecule has 1 atom stereocenters. The van der Waals surface area contributed by atoms with Gasteiger partial charge in [-0.1, -0.05) is 18.2 Å². The van der Waals surface area contributed by atoms with Crippen LogP contribution in [-0.4, -0.2) is 12.7 Å². The monoisotopic (exact) mass is 244 g/mol. The normalized spacial score (nSPS) is 15.2. The Hall–Kier alpha value is -0.210. The molecule has 0 aromatic heterocycles. The van der Waals surface area contributed by atoms with Crippen LogP contribution < -0.4 is 5.30 Å². The average Bonchev–Trinajstić information content (AvgIpc) is 2.18. The highest BCUT2D eigenvalue weighted by molar-refractivity contribution is 8.13. The van der Waals surface area contributed by atoms with E-state index in [9.17, 15) is 0 Å². The molecule has 1 unspecified atom stereocenters. The van der Waals surface area contributed by atoms with Gasteiger partial charge in [0, 0.05) is 5.30 Å². The van der Waals surface area contributed by atoms with Crippen molar-refractivity contribution < 1.29 is 9.05 Å². The summed E-state index contributed by atoms with van der Waals surface area (Å²) in [4.78, 5) is 0. The van der Waals surface area contributed by atoms with E-state index in [1.807, 2.05) is 51.1 Å². The predicted octanol–water partition coefficient (Wildman–Crippen LogP) is 3.08. The van der Waals surface area contributed by atoms with Crippen LogP contribution >= 0.6 is 6.49 Å². The second-order valence-electron chi connectivity index (χ2n) is 3.40. The molecule has 0 heterocycles. The summed E-state index contributed by atoms with van der Waals surface area (Å²) in [6, 6.07) is 9.82. The topological polar surface area (TPSA) is 18.5 Å². The molecule has 0 fully saturated rings. The lowest BCUT2D eigenvalue weighted by atomic mass is 10.4. The van der Waals surface area contributed by atoms with E-state index in [0.29, 0.717) is 6.61 Å². The van der Waals surface area contributed by atoms with Crippen molar-refractivity contribution in [2.45, 2.75) is 26.9 Å². The third-order valence-electron chi connectivity index (χ3n) is 1.72. The zero-order valence-corrected chi connectivity index (χ0v) is 11.1. The maximum Gasteiger partial charge on any atom is 0.219 e. The summed E-state index contributed by atoms with van der Waals surface area (Å²) in [5.74, 6) is 0. The van der Waals surface area contributed by atoms with Gasteiger partial charge >= 0.3 is 0 Å². The van der Waals surface area contributed by atoms with Crippen molar-refractivity contribution in [1.82, 2.24) is 0 Å². The van der Waals surface area contributed by atoms with Crippen LogP contribution in [0.4, 0.5) is 0 Å². The van der Waals surface area contributed by atoms with Crippen molar-refractivity contribution in [1.29, 1.82) is 0 Å². The van der Waals surface area contributed by atoms with Gasteiger partial charge in [0.15, 0.2) is 0 Å². The quantitative estimate of drug-likeness (QED) is 0.742. The summed E-state index contributed by atoms with van der Waals surface area (Å²) in [7, 11) is 0. The molecule has 0 spiro atoms. The van der Waals surface area contributed by atoms with Crippen LogP contribution in [0.5, 0.6) is 0 Å². The van der Waals surface area contributed by atoms with Gasteiger partial charge in [-0.05, 0) is 44.7 Å². The molecule has 2 nitrogen and oxygen atoms in total. The largest absolute Gasteiger partial charge is 0.326 e. The van der Waals surface area contributed by atoms with Crippen molar-refractivity contribution in [3.8, 4) is 0 Å². The van der Waals surface area contributed by atoms with E-state index >= 15 is 0 Å². The van der Waals surface area contributed by atoms with E-state index in [-0.39, 0.29) is 6.10 Å². The van der Waals surface area contributed by atoms with E-state index in [1.165, 1.54) is 0 Å². The molecule has 15 heavy (non-hydrogen) atoms. The van der Waals surface area contributed by atoms with E-state index in [0.717, 1.165) is 5.30 Å². The number of benzene rings is 1. The molecule has 0 aliphatic rings. The molecular weight excluding hydrogens is 227 g/mol. The van der Waals surface area contributed by atoms with Crippen LogP contribution in [0.3, 0.4) is 0 Å². The third-order valence-corrected chi connectivity index (χ3v) is 5.16. The fraction of sp³-hybridized carbons (Fsp3) is 0.455. The second-order valence-corrected chi connectivity index (χ2v) is 6.83. The van der Waals surface area contributed by atoms with Crippen molar-refractivity contribution >= 4 is 23.6 Å². The van der Waals surface area contributed by atoms with E-state index in [2.05, 4.69) is 0 Å². The summed E-state index contributed by atoms with van der Waals surface area (Å²) in [6.45, 7) is 4.18. The van der Waals surface area contributed by atoms with E-state index in [4.69, 9.17) is 20.9 Å². The molecule has 0 N–H and O–H groups in total. The van der Waals surface area contributed by atoms with Gasteiger partial charge in [-0.25, -0.2) is 0 Å². The maximum absolute atomic E-state index is 5.77. The van der Waals surface area contributed by atoms with Crippen LogP contribution in [0.15, 0.2) is 30.3 Å². The zero-order valence-electron chi connectivity index (χ0n) is 9.34. The average molecular weight is 244 g/mol. The molecule has 1 aromatic rings. The van der Waals surface area contributed by atoms with Crippen LogP contribution in [0, 0.1) is 0 Å². The maximum atomic E-state index is 5.77. The molecule has 0 saturated carbocycles. The lowest BCUT2D eigenvalue weighted by Crippen LogP contribution is -2.13. The summed E-state index contributed by atoms with van der Waals surface area (Å²) >= 11 is 5.51. The first kappa shape index (κ1) is 12.9. The first-order valence-electron chi connectivity index (χ1n) is 5.07. The highest BCUT2D eigenvalue weighted by Crippen LogP contribution is 2.48. The minimum absolute atomic E-state index is 0.0857. The summed E-state index contributed by atoms with van der Waals surface area (Å²) in [5.41, 5.74) is 0.